The Morgan fingerprint density at radius 1 is 1.06 bits per heavy atom. The van der Waals surface area contributed by atoms with Gasteiger partial charge in [-0.05, 0) is 37.8 Å². The summed E-state index contributed by atoms with van der Waals surface area (Å²) in [6.07, 6.45) is 5.04. The van der Waals surface area contributed by atoms with Gasteiger partial charge in [-0.3, -0.25) is 0 Å². The Kier molecular flexibility index (Phi) is 8.46. The summed E-state index contributed by atoms with van der Waals surface area (Å²) in [6.45, 7) is 12.5. The number of hydrogen-bond acceptors (Lipinski definition) is 7. The Balaban J connectivity index is 1.98. The first-order chi connectivity index (χ1) is 15.1. The molecule has 0 aromatic carbocycles. The van der Waals surface area contributed by atoms with Crippen molar-refractivity contribution in [3.63, 3.8) is 0 Å². The molecule has 0 saturated carbocycles. The Morgan fingerprint density at radius 3 is 2.48 bits per heavy atom. The molecule has 0 bridgehead atoms. The lowest BCUT2D eigenvalue weighted by Gasteiger charge is -2.30. The van der Waals surface area contributed by atoms with Crippen molar-refractivity contribution in [1.82, 2.24) is 15.0 Å². The first kappa shape index (κ1) is 23.3. The van der Waals surface area contributed by atoms with Crippen LogP contribution in [0.1, 0.15) is 57.0 Å². The summed E-state index contributed by atoms with van der Waals surface area (Å²) >= 11 is 0. The van der Waals surface area contributed by atoms with Gasteiger partial charge in [-0.25, -0.2) is 15.0 Å². The van der Waals surface area contributed by atoms with Gasteiger partial charge in [0.25, 0.3) is 5.88 Å². The summed E-state index contributed by atoms with van der Waals surface area (Å²) < 4.78 is 11.5. The maximum absolute atomic E-state index is 5.97. The maximum atomic E-state index is 5.97. The molecule has 2 aromatic heterocycles. The molecule has 0 radical (unpaired) electrons. The number of hydrogen-bond donors (Lipinski definition) is 1. The molecule has 3 heterocycles. The molecule has 1 fully saturated rings. The molecule has 1 aliphatic rings. The minimum atomic E-state index is 0.588. The number of nitrogens with one attached hydrogen (secondary N) is 1. The fourth-order valence-electron chi connectivity index (χ4n) is 3.88. The summed E-state index contributed by atoms with van der Waals surface area (Å²) in [4.78, 5) is 17.1. The number of unbranched alkanes of at least 4 members (excludes halogenated alkanes) is 2. The number of anilines is 2. The van der Waals surface area contributed by atoms with Crippen LogP contribution in [-0.2, 0) is 17.6 Å². The van der Waals surface area contributed by atoms with E-state index >= 15 is 0 Å². The van der Waals surface area contributed by atoms with Crippen LogP contribution < -0.4 is 15.0 Å². The topological polar surface area (TPSA) is 72.4 Å². The number of pyridine rings is 1. The quantitative estimate of drug-likeness (QED) is 0.563. The van der Waals surface area contributed by atoms with Crippen molar-refractivity contribution in [3.8, 4) is 17.1 Å². The highest BCUT2D eigenvalue weighted by Crippen LogP contribution is 2.33. The number of aromatic nitrogens is 3. The molecule has 3 rings (SSSR count). The fraction of sp³-hybridized carbons (Fsp3) is 0.625. The monoisotopic (exact) mass is 427 g/mol. The molecule has 31 heavy (non-hydrogen) atoms. The van der Waals surface area contributed by atoms with Crippen LogP contribution in [-0.4, -0.2) is 54.9 Å². The highest BCUT2D eigenvalue weighted by molar-refractivity contribution is 5.70. The van der Waals surface area contributed by atoms with Crippen LogP contribution in [0.25, 0.3) is 11.3 Å². The number of ether oxygens (including phenoxy) is 2. The third-order valence-electron chi connectivity index (χ3n) is 5.71. The van der Waals surface area contributed by atoms with Crippen LogP contribution >= 0.6 is 0 Å². The number of rotatable bonds is 10. The van der Waals surface area contributed by atoms with E-state index in [1.165, 1.54) is 12.0 Å². The second-order valence-corrected chi connectivity index (χ2v) is 7.89. The number of aryl methyl sites for hydroxylation is 3. The normalized spacial score (nSPS) is 14.0. The largest absolute Gasteiger partial charge is 0.475 e. The Hall–Kier alpha value is -2.41. The van der Waals surface area contributed by atoms with E-state index in [0.29, 0.717) is 18.3 Å². The van der Waals surface area contributed by atoms with Gasteiger partial charge in [0.1, 0.15) is 5.82 Å². The molecule has 1 saturated heterocycles. The lowest BCUT2D eigenvalue weighted by molar-refractivity contribution is 0.122. The third kappa shape index (κ3) is 5.45. The van der Waals surface area contributed by atoms with Crippen LogP contribution in [0.4, 0.5) is 11.6 Å². The van der Waals surface area contributed by atoms with Gasteiger partial charge >= 0.3 is 0 Å². The van der Waals surface area contributed by atoms with E-state index < -0.39 is 0 Å². The highest BCUT2D eigenvalue weighted by Gasteiger charge is 2.21. The minimum absolute atomic E-state index is 0.588. The molecule has 0 unspecified atom stereocenters. The van der Waals surface area contributed by atoms with Gasteiger partial charge in [0.05, 0.1) is 31.2 Å². The SMILES string of the molecule is CCCCCOc1nc(CC)c(-c2cc(CC)c(N3CCOCC3)nc2C)nc1NC. The summed E-state index contributed by atoms with van der Waals surface area (Å²) in [7, 11) is 1.86. The van der Waals surface area contributed by atoms with Crippen LogP contribution in [0.3, 0.4) is 0 Å². The Labute approximate surface area is 186 Å². The second kappa shape index (κ2) is 11.3. The summed E-state index contributed by atoms with van der Waals surface area (Å²) in [5.74, 6) is 2.34. The first-order valence-electron chi connectivity index (χ1n) is 11.7. The molecule has 7 nitrogen and oxygen atoms in total. The molecule has 1 N–H and O–H groups in total. The van der Waals surface area contributed by atoms with Gasteiger partial charge in [-0.1, -0.05) is 33.6 Å². The highest BCUT2D eigenvalue weighted by atomic mass is 16.5. The second-order valence-electron chi connectivity index (χ2n) is 7.89. The van der Waals surface area contributed by atoms with Crippen molar-refractivity contribution in [1.29, 1.82) is 0 Å². The van der Waals surface area contributed by atoms with Gasteiger partial charge < -0.3 is 19.7 Å². The minimum Gasteiger partial charge on any atom is -0.475 e. The molecular weight excluding hydrogens is 390 g/mol. The Bertz CT molecular complexity index is 866. The van der Waals surface area contributed by atoms with Crippen molar-refractivity contribution in [2.45, 2.75) is 59.8 Å². The molecular formula is C24H37N5O2. The summed E-state index contributed by atoms with van der Waals surface area (Å²) in [6, 6.07) is 2.25. The summed E-state index contributed by atoms with van der Waals surface area (Å²) in [5.41, 5.74) is 5.09. The van der Waals surface area contributed by atoms with Crippen LogP contribution in [0.5, 0.6) is 5.88 Å². The van der Waals surface area contributed by atoms with Crippen molar-refractivity contribution in [2.24, 2.45) is 0 Å². The van der Waals surface area contributed by atoms with E-state index in [4.69, 9.17) is 24.4 Å². The zero-order valence-corrected chi connectivity index (χ0v) is 19.8. The standard InChI is InChI=1S/C24H37N5O2/c1-6-9-10-13-31-24-22(25-5)28-21(20(8-3)27-24)19-16-18(7-2)23(26-17(19)4)29-11-14-30-15-12-29/h16H,6-15H2,1-5H3,(H,25,28). The van der Waals surface area contributed by atoms with E-state index in [0.717, 1.165) is 80.4 Å². The average molecular weight is 428 g/mol. The average Bonchev–Trinajstić information content (AvgIpc) is 2.81. The van der Waals surface area contributed by atoms with Gasteiger partial charge in [0.2, 0.25) is 0 Å². The first-order valence-corrected chi connectivity index (χ1v) is 11.7. The Morgan fingerprint density at radius 2 is 1.84 bits per heavy atom. The van der Waals surface area contributed by atoms with Gasteiger partial charge in [-0.2, -0.15) is 0 Å². The van der Waals surface area contributed by atoms with Crippen molar-refractivity contribution < 1.29 is 9.47 Å². The molecule has 7 heteroatoms. The molecule has 170 valence electrons. The van der Waals surface area contributed by atoms with Crippen LogP contribution in [0.15, 0.2) is 6.07 Å². The molecule has 0 spiro atoms. The van der Waals surface area contributed by atoms with E-state index in [2.05, 4.69) is 44.0 Å². The van der Waals surface area contributed by atoms with E-state index in [1.54, 1.807) is 0 Å². The third-order valence-corrected chi connectivity index (χ3v) is 5.71. The predicted octanol–water partition coefficient (Wildman–Crippen LogP) is 4.42. The van der Waals surface area contributed by atoms with E-state index in [-0.39, 0.29) is 0 Å². The van der Waals surface area contributed by atoms with Gasteiger partial charge in [0, 0.05) is 31.4 Å². The van der Waals surface area contributed by atoms with Gasteiger partial charge in [-0.15, -0.1) is 0 Å². The lowest BCUT2D eigenvalue weighted by Crippen LogP contribution is -2.37. The predicted molar refractivity (Wildman–Crippen MR) is 126 cm³/mol. The maximum Gasteiger partial charge on any atom is 0.257 e. The van der Waals surface area contributed by atoms with E-state index in [1.807, 2.05) is 7.05 Å². The zero-order valence-electron chi connectivity index (χ0n) is 19.8. The van der Waals surface area contributed by atoms with Crippen molar-refractivity contribution >= 4 is 11.6 Å². The van der Waals surface area contributed by atoms with Crippen LogP contribution in [0.2, 0.25) is 0 Å². The molecule has 0 amide bonds. The summed E-state index contributed by atoms with van der Waals surface area (Å²) in [5, 5.41) is 3.17. The number of morpholine rings is 1. The smallest absolute Gasteiger partial charge is 0.257 e. The van der Waals surface area contributed by atoms with Gasteiger partial charge in [0.15, 0.2) is 5.82 Å². The van der Waals surface area contributed by atoms with Crippen molar-refractivity contribution in [2.75, 3.05) is 50.2 Å². The van der Waals surface area contributed by atoms with E-state index in [9.17, 15) is 0 Å². The molecule has 0 aliphatic carbocycles. The lowest BCUT2D eigenvalue weighted by atomic mass is 10.0. The fourth-order valence-corrected chi connectivity index (χ4v) is 3.88. The van der Waals surface area contributed by atoms with Crippen molar-refractivity contribution in [3.05, 3.63) is 23.0 Å². The molecule has 1 aliphatic heterocycles. The zero-order chi connectivity index (χ0) is 22.2. The molecule has 2 aromatic rings. The molecule has 0 atom stereocenters. The number of nitrogens with zero attached hydrogens (tertiary/aromatic N) is 4. The van der Waals surface area contributed by atoms with Crippen LogP contribution in [0, 0.1) is 6.92 Å².